The average molecular weight is 311 g/mol. The highest BCUT2D eigenvalue weighted by molar-refractivity contribution is 9.10. The fraction of sp³-hybridized carbons (Fsp3) is 0.125. The second-order valence-electron chi connectivity index (χ2n) is 2.65. The fourth-order valence-corrected chi connectivity index (χ4v) is 2.64. The van der Waals surface area contributed by atoms with Crippen LogP contribution in [-0.4, -0.2) is 13.5 Å². The van der Waals surface area contributed by atoms with Crippen LogP contribution in [0.1, 0.15) is 11.1 Å². The molecule has 0 aromatic heterocycles. The molecule has 0 saturated heterocycles. The SMILES string of the molecule is N#Cc1cc(CO)c(Br)cc1S(=O)(=O)Cl. The third-order valence-electron chi connectivity index (χ3n) is 1.70. The molecule has 0 bridgehead atoms. The molecule has 0 radical (unpaired) electrons. The van der Waals surface area contributed by atoms with Crippen molar-refractivity contribution in [2.24, 2.45) is 0 Å². The van der Waals surface area contributed by atoms with E-state index in [-0.39, 0.29) is 17.1 Å². The molecule has 0 fully saturated rings. The largest absolute Gasteiger partial charge is 0.392 e. The zero-order valence-corrected chi connectivity index (χ0v) is 10.4. The van der Waals surface area contributed by atoms with Crippen LogP contribution in [0.3, 0.4) is 0 Å². The van der Waals surface area contributed by atoms with Crippen LogP contribution in [0.5, 0.6) is 0 Å². The molecule has 0 aliphatic rings. The van der Waals surface area contributed by atoms with Crippen LogP contribution in [0.15, 0.2) is 21.5 Å². The van der Waals surface area contributed by atoms with E-state index in [0.29, 0.717) is 10.0 Å². The lowest BCUT2D eigenvalue weighted by Gasteiger charge is -2.05. The third kappa shape index (κ3) is 2.69. The molecule has 0 saturated carbocycles. The van der Waals surface area contributed by atoms with Gasteiger partial charge in [0.1, 0.15) is 11.0 Å². The van der Waals surface area contributed by atoms with Gasteiger partial charge in [-0.3, -0.25) is 0 Å². The molecule has 80 valence electrons. The second-order valence-corrected chi connectivity index (χ2v) is 6.04. The van der Waals surface area contributed by atoms with Crippen LogP contribution in [0.4, 0.5) is 0 Å². The van der Waals surface area contributed by atoms with Gasteiger partial charge in [-0.25, -0.2) is 8.42 Å². The highest BCUT2D eigenvalue weighted by Gasteiger charge is 2.18. The van der Waals surface area contributed by atoms with Crippen molar-refractivity contribution in [3.63, 3.8) is 0 Å². The molecule has 0 unspecified atom stereocenters. The maximum absolute atomic E-state index is 11.1. The van der Waals surface area contributed by atoms with E-state index in [0.717, 1.165) is 0 Å². The van der Waals surface area contributed by atoms with Gasteiger partial charge in [-0.1, -0.05) is 15.9 Å². The number of aliphatic hydroxyl groups is 1. The van der Waals surface area contributed by atoms with Gasteiger partial charge in [-0.2, -0.15) is 5.26 Å². The first-order chi connectivity index (χ1) is 6.90. The van der Waals surface area contributed by atoms with Crippen molar-refractivity contribution >= 4 is 35.7 Å². The predicted molar refractivity (Wildman–Crippen MR) is 57.8 cm³/mol. The molecule has 1 aromatic rings. The Labute approximate surface area is 99.6 Å². The van der Waals surface area contributed by atoms with Gasteiger partial charge in [-0.05, 0) is 17.7 Å². The Kier molecular flexibility index (Phi) is 3.73. The number of halogens is 2. The summed E-state index contributed by atoms with van der Waals surface area (Å²) in [5.41, 5.74) is 0.341. The summed E-state index contributed by atoms with van der Waals surface area (Å²) in [5.74, 6) is 0. The van der Waals surface area contributed by atoms with Gasteiger partial charge in [0.15, 0.2) is 0 Å². The maximum atomic E-state index is 11.1. The monoisotopic (exact) mass is 309 g/mol. The lowest BCUT2D eigenvalue weighted by atomic mass is 10.1. The smallest absolute Gasteiger partial charge is 0.262 e. The van der Waals surface area contributed by atoms with Crippen LogP contribution in [0.2, 0.25) is 0 Å². The molecule has 1 rings (SSSR count). The summed E-state index contributed by atoms with van der Waals surface area (Å²) in [4.78, 5) is -0.268. The minimum absolute atomic E-state index is 0.0859. The van der Waals surface area contributed by atoms with Crippen molar-refractivity contribution in [1.82, 2.24) is 0 Å². The standard InChI is InChI=1S/C8H5BrClNO3S/c9-7-2-8(15(10,13)14)5(3-11)1-6(7)4-12/h1-2,12H,4H2. The quantitative estimate of drug-likeness (QED) is 0.844. The second kappa shape index (κ2) is 4.49. The molecular formula is C8H5BrClNO3S. The molecule has 0 aliphatic carbocycles. The minimum Gasteiger partial charge on any atom is -0.392 e. The summed E-state index contributed by atoms with van der Waals surface area (Å²) in [5, 5.41) is 17.6. The van der Waals surface area contributed by atoms with Crippen LogP contribution >= 0.6 is 26.6 Å². The lowest BCUT2D eigenvalue weighted by Crippen LogP contribution is -1.98. The zero-order chi connectivity index (χ0) is 11.6. The van der Waals surface area contributed by atoms with Crippen LogP contribution < -0.4 is 0 Å². The van der Waals surface area contributed by atoms with Crippen molar-refractivity contribution in [3.8, 4) is 6.07 Å². The molecule has 1 N–H and O–H groups in total. The summed E-state index contributed by atoms with van der Waals surface area (Å²) in [6.45, 7) is -0.294. The van der Waals surface area contributed by atoms with E-state index in [1.807, 2.05) is 0 Å². The van der Waals surface area contributed by atoms with Gasteiger partial charge in [0.25, 0.3) is 9.05 Å². The number of rotatable bonds is 2. The van der Waals surface area contributed by atoms with Crippen molar-refractivity contribution in [2.75, 3.05) is 0 Å². The van der Waals surface area contributed by atoms with E-state index in [1.165, 1.54) is 12.1 Å². The van der Waals surface area contributed by atoms with Crippen LogP contribution in [0.25, 0.3) is 0 Å². The van der Waals surface area contributed by atoms with E-state index in [4.69, 9.17) is 21.1 Å². The number of nitriles is 1. The summed E-state index contributed by atoms with van der Waals surface area (Å²) in [6.07, 6.45) is 0. The number of aliphatic hydroxyl groups excluding tert-OH is 1. The number of nitrogens with zero attached hydrogens (tertiary/aromatic N) is 1. The summed E-state index contributed by atoms with van der Waals surface area (Å²) in [7, 11) is 1.19. The summed E-state index contributed by atoms with van der Waals surface area (Å²) < 4.78 is 22.6. The molecule has 0 atom stereocenters. The van der Waals surface area contributed by atoms with Crippen molar-refractivity contribution in [1.29, 1.82) is 5.26 Å². The van der Waals surface area contributed by atoms with E-state index < -0.39 is 9.05 Å². The Bertz CT molecular complexity index is 536. The molecule has 15 heavy (non-hydrogen) atoms. The maximum Gasteiger partial charge on any atom is 0.262 e. The lowest BCUT2D eigenvalue weighted by molar-refractivity contribution is 0.281. The summed E-state index contributed by atoms with van der Waals surface area (Å²) >= 11 is 3.07. The number of benzene rings is 1. The zero-order valence-electron chi connectivity index (χ0n) is 7.24. The van der Waals surface area contributed by atoms with E-state index in [1.54, 1.807) is 6.07 Å². The molecular weight excluding hydrogens is 306 g/mol. The van der Waals surface area contributed by atoms with Gasteiger partial charge in [0.2, 0.25) is 0 Å². The first-order valence-electron chi connectivity index (χ1n) is 3.68. The van der Waals surface area contributed by atoms with Crippen LogP contribution in [-0.2, 0) is 15.7 Å². The number of hydrogen-bond acceptors (Lipinski definition) is 4. The molecule has 0 spiro atoms. The summed E-state index contributed by atoms with van der Waals surface area (Å²) in [6, 6.07) is 4.19. The molecule has 4 nitrogen and oxygen atoms in total. The van der Waals surface area contributed by atoms with E-state index in [2.05, 4.69) is 15.9 Å². The van der Waals surface area contributed by atoms with Crippen molar-refractivity contribution < 1.29 is 13.5 Å². The van der Waals surface area contributed by atoms with Crippen LogP contribution in [0, 0.1) is 11.3 Å². The normalized spacial score (nSPS) is 11.1. The Morgan fingerprint density at radius 1 is 1.53 bits per heavy atom. The highest BCUT2D eigenvalue weighted by Crippen LogP contribution is 2.27. The Morgan fingerprint density at radius 2 is 2.13 bits per heavy atom. The Balaban J connectivity index is 3.57. The van der Waals surface area contributed by atoms with Crippen molar-refractivity contribution in [3.05, 3.63) is 27.7 Å². The topological polar surface area (TPSA) is 78.2 Å². The van der Waals surface area contributed by atoms with Crippen molar-refractivity contribution in [2.45, 2.75) is 11.5 Å². The van der Waals surface area contributed by atoms with Gasteiger partial charge in [-0.15, -0.1) is 0 Å². The average Bonchev–Trinajstić information content (AvgIpc) is 2.16. The van der Waals surface area contributed by atoms with Gasteiger partial charge >= 0.3 is 0 Å². The first kappa shape index (κ1) is 12.5. The minimum atomic E-state index is -3.95. The first-order valence-corrected chi connectivity index (χ1v) is 6.78. The predicted octanol–water partition coefficient (Wildman–Crippen LogP) is 1.74. The Hall–Kier alpha value is -0.610. The third-order valence-corrected chi connectivity index (χ3v) is 3.80. The van der Waals surface area contributed by atoms with E-state index in [9.17, 15) is 8.42 Å². The Morgan fingerprint density at radius 3 is 2.53 bits per heavy atom. The number of hydrogen-bond donors (Lipinski definition) is 1. The molecule has 0 heterocycles. The molecule has 0 aliphatic heterocycles. The van der Waals surface area contributed by atoms with Gasteiger partial charge < -0.3 is 5.11 Å². The highest BCUT2D eigenvalue weighted by atomic mass is 79.9. The molecule has 7 heteroatoms. The molecule has 0 amide bonds. The fourth-order valence-electron chi connectivity index (χ4n) is 1.01. The van der Waals surface area contributed by atoms with E-state index >= 15 is 0 Å². The van der Waals surface area contributed by atoms with Gasteiger partial charge in [0.05, 0.1) is 12.2 Å². The molecule has 1 aromatic carbocycles. The van der Waals surface area contributed by atoms with Gasteiger partial charge in [0, 0.05) is 15.2 Å².